The molecule has 0 atom stereocenters. The SMILES string of the molecule is c1ccc2sc(-c3nc(N4CCOCC4)nc(N4CCOCC4)n3)nc2c1. The Bertz CT molecular complexity index is 867. The molecule has 4 heterocycles. The monoisotopic (exact) mass is 384 g/mol. The lowest BCUT2D eigenvalue weighted by Crippen LogP contribution is -2.40. The molecule has 0 spiro atoms. The Morgan fingerprint density at radius 1 is 0.741 bits per heavy atom. The molecule has 9 heteroatoms. The Balaban J connectivity index is 1.57. The van der Waals surface area contributed by atoms with E-state index in [1.807, 2.05) is 18.2 Å². The highest BCUT2D eigenvalue weighted by molar-refractivity contribution is 7.21. The van der Waals surface area contributed by atoms with Gasteiger partial charge < -0.3 is 19.3 Å². The molecule has 2 aliphatic rings. The number of fused-ring (bicyclic) bond motifs is 1. The Morgan fingerprint density at radius 2 is 1.33 bits per heavy atom. The zero-order chi connectivity index (χ0) is 18.1. The van der Waals surface area contributed by atoms with Gasteiger partial charge in [-0.05, 0) is 12.1 Å². The van der Waals surface area contributed by atoms with Crippen molar-refractivity contribution in [1.29, 1.82) is 0 Å². The molecule has 2 fully saturated rings. The van der Waals surface area contributed by atoms with Crippen molar-refractivity contribution in [2.45, 2.75) is 0 Å². The fraction of sp³-hybridized carbons (Fsp3) is 0.444. The molecule has 3 aromatic rings. The van der Waals surface area contributed by atoms with Gasteiger partial charge in [-0.3, -0.25) is 0 Å². The quantitative estimate of drug-likeness (QED) is 0.677. The second kappa shape index (κ2) is 7.34. The molecule has 1 aromatic carbocycles. The molecule has 140 valence electrons. The van der Waals surface area contributed by atoms with Crippen LogP contribution >= 0.6 is 11.3 Å². The molecule has 27 heavy (non-hydrogen) atoms. The summed E-state index contributed by atoms with van der Waals surface area (Å²) in [6.07, 6.45) is 0. The summed E-state index contributed by atoms with van der Waals surface area (Å²) in [5, 5.41) is 0.822. The van der Waals surface area contributed by atoms with Crippen LogP contribution in [0.15, 0.2) is 24.3 Å². The Morgan fingerprint density at radius 3 is 1.93 bits per heavy atom. The molecule has 0 amide bonds. The predicted molar refractivity (Wildman–Crippen MR) is 105 cm³/mol. The van der Waals surface area contributed by atoms with Crippen LogP contribution in [0.25, 0.3) is 21.0 Å². The maximum absolute atomic E-state index is 5.47. The summed E-state index contributed by atoms with van der Waals surface area (Å²) < 4.78 is 12.1. The third-order valence-corrected chi connectivity index (χ3v) is 5.72. The zero-order valence-electron chi connectivity index (χ0n) is 14.9. The molecule has 8 nitrogen and oxygen atoms in total. The normalized spacial score (nSPS) is 18.2. The number of rotatable bonds is 3. The van der Waals surface area contributed by atoms with Crippen molar-refractivity contribution in [3.05, 3.63) is 24.3 Å². The predicted octanol–water partition coefficient (Wildman–Crippen LogP) is 1.82. The number of benzene rings is 1. The van der Waals surface area contributed by atoms with E-state index in [9.17, 15) is 0 Å². The van der Waals surface area contributed by atoms with Crippen LogP contribution in [0.5, 0.6) is 0 Å². The first kappa shape index (κ1) is 16.8. The molecule has 0 aliphatic carbocycles. The lowest BCUT2D eigenvalue weighted by Gasteiger charge is -2.30. The first-order valence-electron chi connectivity index (χ1n) is 9.14. The van der Waals surface area contributed by atoms with Crippen molar-refractivity contribution in [1.82, 2.24) is 19.9 Å². The van der Waals surface area contributed by atoms with E-state index in [-0.39, 0.29) is 0 Å². The van der Waals surface area contributed by atoms with E-state index in [0.717, 1.165) is 41.4 Å². The minimum atomic E-state index is 0.634. The molecule has 5 rings (SSSR count). The summed E-state index contributed by atoms with van der Waals surface area (Å²) in [4.78, 5) is 23.3. The summed E-state index contributed by atoms with van der Waals surface area (Å²) in [5.41, 5.74) is 0.971. The largest absolute Gasteiger partial charge is 0.378 e. The highest BCUT2D eigenvalue weighted by Gasteiger charge is 2.22. The maximum Gasteiger partial charge on any atom is 0.230 e. The lowest BCUT2D eigenvalue weighted by molar-refractivity contribution is 0.121. The van der Waals surface area contributed by atoms with Crippen LogP contribution in [-0.2, 0) is 9.47 Å². The van der Waals surface area contributed by atoms with Crippen molar-refractivity contribution in [2.75, 3.05) is 62.4 Å². The summed E-state index contributed by atoms with van der Waals surface area (Å²) in [6, 6.07) is 8.11. The molecule has 2 saturated heterocycles. The van der Waals surface area contributed by atoms with Gasteiger partial charge in [-0.25, -0.2) is 4.98 Å². The van der Waals surface area contributed by atoms with Gasteiger partial charge >= 0.3 is 0 Å². The molecule has 2 aromatic heterocycles. The fourth-order valence-electron chi connectivity index (χ4n) is 3.23. The van der Waals surface area contributed by atoms with Gasteiger partial charge in [0.15, 0.2) is 10.8 Å². The summed E-state index contributed by atoms with van der Waals surface area (Å²) in [7, 11) is 0. The average molecular weight is 384 g/mol. The van der Waals surface area contributed by atoms with Gasteiger partial charge in [0.05, 0.1) is 36.6 Å². The highest BCUT2D eigenvalue weighted by Crippen LogP contribution is 2.30. The third-order valence-electron chi connectivity index (χ3n) is 4.68. The number of aromatic nitrogens is 4. The number of para-hydroxylation sites is 1. The van der Waals surface area contributed by atoms with Gasteiger partial charge in [0.1, 0.15) is 0 Å². The van der Waals surface area contributed by atoms with Crippen molar-refractivity contribution >= 4 is 33.5 Å². The van der Waals surface area contributed by atoms with Crippen LogP contribution in [0.1, 0.15) is 0 Å². The third kappa shape index (κ3) is 3.45. The molecule has 2 aliphatic heterocycles. The number of nitrogens with zero attached hydrogens (tertiary/aromatic N) is 6. The molecule has 0 N–H and O–H groups in total. The van der Waals surface area contributed by atoms with Crippen molar-refractivity contribution < 1.29 is 9.47 Å². The van der Waals surface area contributed by atoms with Crippen molar-refractivity contribution in [3.8, 4) is 10.8 Å². The number of hydrogen-bond donors (Lipinski definition) is 0. The lowest BCUT2D eigenvalue weighted by atomic mass is 10.3. The van der Waals surface area contributed by atoms with Crippen molar-refractivity contribution in [2.24, 2.45) is 0 Å². The van der Waals surface area contributed by atoms with Gasteiger partial charge in [0, 0.05) is 26.2 Å². The van der Waals surface area contributed by atoms with Gasteiger partial charge in [-0.15, -0.1) is 11.3 Å². The second-order valence-corrected chi connectivity index (χ2v) is 7.48. The molecular formula is C18H20N6O2S. The van der Waals surface area contributed by atoms with E-state index in [1.54, 1.807) is 11.3 Å². The fourth-order valence-corrected chi connectivity index (χ4v) is 4.13. The molecular weight excluding hydrogens is 364 g/mol. The molecule has 0 unspecified atom stereocenters. The van der Waals surface area contributed by atoms with Gasteiger partial charge in [0.25, 0.3) is 0 Å². The Kier molecular flexibility index (Phi) is 4.56. The first-order chi connectivity index (χ1) is 13.4. The van der Waals surface area contributed by atoms with E-state index in [4.69, 9.17) is 29.4 Å². The van der Waals surface area contributed by atoms with Crippen LogP contribution in [0.4, 0.5) is 11.9 Å². The summed E-state index contributed by atoms with van der Waals surface area (Å²) >= 11 is 1.61. The molecule has 0 saturated carbocycles. The average Bonchev–Trinajstić information content (AvgIpc) is 3.19. The van der Waals surface area contributed by atoms with Gasteiger partial charge in [0.2, 0.25) is 11.9 Å². The van der Waals surface area contributed by atoms with E-state index < -0.39 is 0 Å². The Labute approximate surface area is 160 Å². The summed E-state index contributed by atoms with van der Waals surface area (Å²) in [6.45, 7) is 5.89. The van der Waals surface area contributed by atoms with Crippen molar-refractivity contribution in [3.63, 3.8) is 0 Å². The minimum absolute atomic E-state index is 0.634. The van der Waals surface area contributed by atoms with E-state index in [2.05, 4.69) is 15.9 Å². The number of hydrogen-bond acceptors (Lipinski definition) is 9. The van der Waals surface area contributed by atoms with Crippen LogP contribution in [0.3, 0.4) is 0 Å². The smallest absolute Gasteiger partial charge is 0.230 e. The summed E-state index contributed by atoms with van der Waals surface area (Å²) in [5.74, 6) is 2.03. The first-order valence-corrected chi connectivity index (χ1v) is 9.96. The molecule has 0 bridgehead atoms. The van der Waals surface area contributed by atoms with Gasteiger partial charge in [-0.1, -0.05) is 12.1 Å². The number of thiazole rings is 1. The van der Waals surface area contributed by atoms with Gasteiger partial charge in [-0.2, -0.15) is 15.0 Å². The zero-order valence-corrected chi connectivity index (χ0v) is 15.7. The van der Waals surface area contributed by atoms with Crippen LogP contribution in [0.2, 0.25) is 0 Å². The number of morpholine rings is 2. The van der Waals surface area contributed by atoms with E-state index in [0.29, 0.717) is 44.1 Å². The van der Waals surface area contributed by atoms with Crippen LogP contribution in [0, 0.1) is 0 Å². The van der Waals surface area contributed by atoms with Crippen LogP contribution in [-0.4, -0.2) is 72.5 Å². The standard InChI is InChI=1S/C18H20N6O2S/c1-2-4-14-13(3-1)19-16(27-14)15-20-17(23-5-9-25-10-6-23)22-18(21-15)24-7-11-26-12-8-24/h1-4H,5-12H2. The molecule has 0 radical (unpaired) electrons. The highest BCUT2D eigenvalue weighted by atomic mass is 32.1. The van der Waals surface area contributed by atoms with Crippen LogP contribution < -0.4 is 9.80 Å². The minimum Gasteiger partial charge on any atom is -0.378 e. The van der Waals surface area contributed by atoms with E-state index >= 15 is 0 Å². The number of anilines is 2. The Hall–Kier alpha value is -2.36. The maximum atomic E-state index is 5.47. The second-order valence-electron chi connectivity index (χ2n) is 6.44. The van der Waals surface area contributed by atoms with E-state index in [1.165, 1.54) is 0 Å². The topological polar surface area (TPSA) is 76.5 Å². The number of ether oxygens (including phenoxy) is 2.